The van der Waals surface area contributed by atoms with E-state index in [0.717, 1.165) is 28.8 Å². The van der Waals surface area contributed by atoms with Gasteiger partial charge < -0.3 is 14.6 Å². The Labute approximate surface area is 172 Å². The molecule has 2 aromatic heterocycles. The monoisotopic (exact) mass is 404 g/mol. The van der Waals surface area contributed by atoms with Crippen LogP contribution in [0.25, 0.3) is 5.69 Å². The van der Waals surface area contributed by atoms with E-state index in [9.17, 15) is 9.90 Å². The molecule has 2 aliphatic rings. The minimum atomic E-state index is -0.928. The summed E-state index contributed by atoms with van der Waals surface area (Å²) in [5.41, 5.74) is 3.13. The fraction of sp³-hybridized carbons (Fsp3) is 0.227. The Hall–Kier alpha value is -3.06. The lowest BCUT2D eigenvalue weighted by Crippen LogP contribution is -2.30. The van der Waals surface area contributed by atoms with Crippen LogP contribution in [0.3, 0.4) is 0 Å². The highest BCUT2D eigenvalue weighted by Crippen LogP contribution is 2.47. The molecule has 0 spiro atoms. The lowest BCUT2D eigenvalue weighted by molar-refractivity contribution is 0.0697. The topological polar surface area (TPSA) is 70.7 Å². The number of amidine groups is 1. The molecule has 1 saturated heterocycles. The molecular weight excluding hydrogens is 384 g/mol. The van der Waals surface area contributed by atoms with Gasteiger partial charge in [-0.05, 0) is 42.5 Å². The van der Waals surface area contributed by atoms with Crippen molar-refractivity contribution in [1.82, 2.24) is 14.5 Å². The highest BCUT2D eigenvalue weighted by Gasteiger charge is 2.44. The standard InChI is InChI=1S/C22H20N4O2S/c1-14-13-26-20(19(24-22(26)29-14)17-8-2-3-10-23-17)18-9-5-11-25(18)16-7-4-6-15(12-16)21(27)28/h2-12,14,19-20H,13H2,1H3,(H,27,28)/t14-,19+,20-/m0/s1. The molecule has 7 heteroatoms. The van der Waals surface area contributed by atoms with Crippen molar-refractivity contribution < 1.29 is 9.90 Å². The Balaban J connectivity index is 1.60. The molecule has 29 heavy (non-hydrogen) atoms. The normalized spacial score (nSPS) is 23.1. The van der Waals surface area contributed by atoms with E-state index in [2.05, 4.69) is 27.4 Å². The predicted molar refractivity (Wildman–Crippen MR) is 114 cm³/mol. The summed E-state index contributed by atoms with van der Waals surface area (Å²) in [6, 6.07) is 17.0. The van der Waals surface area contributed by atoms with Gasteiger partial charge in [0.15, 0.2) is 5.17 Å². The number of hydrogen-bond acceptors (Lipinski definition) is 5. The van der Waals surface area contributed by atoms with Gasteiger partial charge in [-0.15, -0.1) is 0 Å². The van der Waals surface area contributed by atoms with Crippen LogP contribution in [0.1, 0.15) is 40.8 Å². The maximum Gasteiger partial charge on any atom is 0.335 e. The fourth-order valence-electron chi connectivity index (χ4n) is 4.10. The van der Waals surface area contributed by atoms with Gasteiger partial charge >= 0.3 is 5.97 Å². The second-order valence-electron chi connectivity index (χ2n) is 7.30. The Morgan fingerprint density at radius 2 is 2.07 bits per heavy atom. The molecule has 0 bridgehead atoms. The number of benzene rings is 1. The quantitative estimate of drug-likeness (QED) is 0.707. The molecule has 0 aliphatic carbocycles. The zero-order valence-corrected chi connectivity index (χ0v) is 16.7. The number of nitrogens with zero attached hydrogens (tertiary/aromatic N) is 4. The van der Waals surface area contributed by atoms with Crippen LogP contribution >= 0.6 is 11.8 Å². The highest BCUT2D eigenvalue weighted by molar-refractivity contribution is 8.14. The van der Waals surface area contributed by atoms with E-state index in [4.69, 9.17) is 4.99 Å². The first-order valence-corrected chi connectivity index (χ1v) is 10.4. The van der Waals surface area contributed by atoms with Crippen LogP contribution in [-0.4, -0.2) is 42.5 Å². The fourth-order valence-corrected chi connectivity index (χ4v) is 5.19. The van der Waals surface area contributed by atoms with Crippen LogP contribution in [0.5, 0.6) is 0 Å². The van der Waals surface area contributed by atoms with Crippen LogP contribution in [0.2, 0.25) is 0 Å². The maximum absolute atomic E-state index is 11.4. The SMILES string of the molecule is C[C@H]1CN2C(=N[C@H](c3ccccn3)[C@@H]2c2cccn2-c2cccc(C(=O)O)c2)S1. The van der Waals surface area contributed by atoms with Gasteiger partial charge in [-0.1, -0.05) is 30.8 Å². The first kappa shape index (κ1) is 18.0. The van der Waals surface area contributed by atoms with Crippen molar-refractivity contribution in [3.05, 3.63) is 83.9 Å². The first-order valence-electron chi connectivity index (χ1n) is 9.55. The van der Waals surface area contributed by atoms with Crippen LogP contribution in [-0.2, 0) is 0 Å². The van der Waals surface area contributed by atoms with E-state index < -0.39 is 5.97 Å². The van der Waals surface area contributed by atoms with Gasteiger partial charge in [-0.3, -0.25) is 9.98 Å². The van der Waals surface area contributed by atoms with Gasteiger partial charge in [0.2, 0.25) is 0 Å². The van der Waals surface area contributed by atoms with Crippen molar-refractivity contribution >= 4 is 22.9 Å². The molecule has 0 amide bonds. The van der Waals surface area contributed by atoms with E-state index in [1.807, 2.05) is 36.5 Å². The summed E-state index contributed by atoms with van der Waals surface area (Å²) < 4.78 is 2.07. The van der Waals surface area contributed by atoms with E-state index in [-0.39, 0.29) is 17.6 Å². The van der Waals surface area contributed by atoms with Crippen molar-refractivity contribution in [1.29, 1.82) is 0 Å². The third-order valence-electron chi connectivity index (χ3n) is 5.34. The second-order valence-corrected chi connectivity index (χ2v) is 8.70. The van der Waals surface area contributed by atoms with Crippen LogP contribution in [0, 0.1) is 0 Å². The molecule has 0 radical (unpaired) electrons. The summed E-state index contributed by atoms with van der Waals surface area (Å²) in [6.07, 6.45) is 3.79. The molecule has 0 unspecified atom stereocenters. The second kappa shape index (κ2) is 7.08. The van der Waals surface area contributed by atoms with Crippen molar-refractivity contribution in [2.24, 2.45) is 4.99 Å². The summed E-state index contributed by atoms with van der Waals surface area (Å²) in [4.78, 5) is 23.4. The summed E-state index contributed by atoms with van der Waals surface area (Å²) in [5, 5.41) is 10.9. The van der Waals surface area contributed by atoms with E-state index in [0.29, 0.717) is 5.25 Å². The zero-order chi connectivity index (χ0) is 20.0. The van der Waals surface area contributed by atoms with Gasteiger partial charge in [0, 0.05) is 35.6 Å². The van der Waals surface area contributed by atoms with Gasteiger partial charge in [-0.25, -0.2) is 4.79 Å². The number of pyridine rings is 1. The number of hydrogen-bond donors (Lipinski definition) is 1. The van der Waals surface area contributed by atoms with E-state index in [1.54, 1.807) is 36.2 Å². The van der Waals surface area contributed by atoms with Crippen LogP contribution in [0.4, 0.5) is 0 Å². The molecule has 1 N–H and O–H groups in total. The number of thioether (sulfide) groups is 1. The molecule has 146 valence electrons. The van der Waals surface area contributed by atoms with E-state index >= 15 is 0 Å². The van der Waals surface area contributed by atoms with Crippen molar-refractivity contribution in [2.75, 3.05) is 6.54 Å². The molecule has 1 fully saturated rings. The third-order valence-corrected chi connectivity index (χ3v) is 6.44. The molecule has 0 saturated carbocycles. The summed E-state index contributed by atoms with van der Waals surface area (Å²) in [6.45, 7) is 3.14. The number of fused-ring (bicyclic) bond motifs is 1. The molecule has 6 nitrogen and oxygen atoms in total. The highest BCUT2D eigenvalue weighted by atomic mass is 32.2. The summed E-state index contributed by atoms with van der Waals surface area (Å²) in [5.74, 6) is -0.928. The number of rotatable bonds is 4. The Morgan fingerprint density at radius 3 is 2.86 bits per heavy atom. The Bertz CT molecular complexity index is 1090. The Kier molecular flexibility index (Phi) is 4.39. The lowest BCUT2D eigenvalue weighted by atomic mass is 10.0. The average molecular weight is 404 g/mol. The van der Waals surface area contributed by atoms with E-state index in [1.165, 1.54) is 0 Å². The number of aliphatic imine (C=N–C) groups is 1. The molecular formula is C22H20N4O2S. The molecule has 3 atom stereocenters. The largest absolute Gasteiger partial charge is 0.478 e. The number of aromatic nitrogens is 2. The zero-order valence-electron chi connectivity index (χ0n) is 15.8. The molecule has 2 aliphatic heterocycles. The van der Waals surface area contributed by atoms with Gasteiger partial charge in [0.1, 0.15) is 6.04 Å². The average Bonchev–Trinajstić information content (AvgIpc) is 3.42. The maximum atomic E-state index is 11.4. The minimum absolute atomic E-state index is 0.0147. The smallest absolute Gasteiger partial charge is 0.335 e. The number of carbonyl (C=O) groups is 1. The van der Waals surface area contributed by atoms with Gasteiger partial charge in [0.05, 0.1) is 17.3 Å². The number of carboxylic acid groups (broad SMARTS) is 1. The van der Waals surface area contributed by atoms with Crippen molar-refractivity contribution in [3.8, 4) is 5.69 Å². The number of carboxylic acids is 1. The van der Waals surface area contributed by atoms with Gasteiger partial charge in [0.25, 0.3) is 0 Å². The van der Waals surface area contributed by atoms with Crippen molar-refractivity contribution in [3.63, 3.8) is 0 Å². The van der Waals surface area contributed by atoms with Crippen LogP contribution in [0.15, 0.2) is 72.0 Å². The first-order chi connectivity index (χ1) is 14.1. The summed E-state index contributed by atoms with van der Waals surface area (Å²) >= 11 is 1.80. The molecule has 4 heterocycles. The predicted octanol–water partition coefficient (Wildman–Crippen LogP) is 4.16. The third kappa shape index (κ3) is 3.11. The summed E-state index contributed by atoms with van der Waals surface area (Å²) in [7, 11) is 0. The van der Waals surface area contributed by atoms with Crippen molar-refractivity contribution in [2.45, 2.75) is 24.3 Å². The van der Waals surface area contributed by atoms with Gasteiger partial charge in [-0.2, -0.15) is 0 Å². The minimum Gasteiger partial charge on any atom is -0.478 e. The van der Waals surface area contributed by atoms with Crippen LogP contribution < -0.4 is 0 Å². The molecule has 3 aromatic rings. The molecule has 5 rings (SSSR count). The number of aromatic carboxylic acids is 1. The lowest BCUT2D eigenvalue weighted by Gasteiger charge is -2.28. The molecule has 1 aromatic carbocycles. The Morgan fingerprint density at radius 1 is 1.17 bits per heavy atom.